The zero-order valence-corrected chi connectivity index (χ0v) is 8.05. The van der Waals surface area contributed by atoms with E-state index in [1.54, 1.807) is 11.8 Å². The van der Waals surface area contributed by atoms with Crippen LogP contribution in [0.3, 0.4) is 0 Å². The third kappa shape index (κ3) is 1.87. The first-order valence-corrected chi connectivity index (χ1v) is 4.37. The lowest BCUT2D eigenvalue weighted by atomic mass is 10.2. The molecule has 1 heterocycles. The van der Waals surface area contributed by atoms with Gasteiger partial charge in [0.1, 0.15) is 6.04 Å². The maximum Gasteiger partial charge on any atom is 0.326 e. The van der Waals surface area contributed by atoms with Crippen LogP contribution in [0.2, 0.25) is 0 Å². The lowest BCUT2D eigenvalue weighted by molar-refractivity contribution is -0.141. The van der Waals surface area contributed by atoms with Crippen molar-refractivity contribution < 1.29 is 9.90 Å². The van der Waals surface area contributed by atoms with E-state index < -0.39 is 12.0 Å². The highest BCUT2D eigenvalue weighted by molar-refractivity contribution is 5.85. The second-order valence-electron chi connectivity index (χ2n) is 3.18. The summed E-state index contributed by atoms with van der Waals surface area (Å²) in [6, 6.07) is -0.663. The van der Waals surface area contributed by atoms with E-state index in [9.17, 15) is 4.79 Å². The third-order valence-corrected chi connectivity index (χ3v) is 2.25. The van der Waals surface area contributed by atoms with Gasteiger partial charge in [0, 0.05) is 13.1 Å². The molecule has 0 aromatic carbocycles. The Morgan fingerprint density at radius 2 is 2.29 bits per heavy atom. The lowest BCUT2D eigenvalue weighted by Gasteiger charge is -2.37. The van der Waals surface area contributed by atoms with E-state index in [0.29, 0.717) is 19.0 Å². The number of rotatable bonds is 2. The highest BCUT2D eigenvalue weighted by Crippen LogP contribution is 2.09. The fraction of sp³-hybridized carbons (Fsp3) is 0.714. The standard InChI is InChI=1S/C7H15N5O2/c1-5(6(13)14)11-3-2-4-12(9)7(11)10-8/h5H,2-4,8-9H2,1H3,(H,13,14)/b10-7+. The quantitative estimate of drug-likeness (QED) is 0.373. The number of carboxylic acids is 1. The zero-order valence-electron chi connectivity index (χ0n) is 8.05. The molecular formula is C7H15N5O2. The average Bonchev–Trinajstić information content (AvgIpc) is 2.16. The smallest absolute Gasteiger partial charge is 0.326 e. The predicted molar refractivity (Wildman–Crippen MR) is 50.9 cm³/mol. The van der Waals surface area contributed by atoms with Crippen LogP contribution in [0.1, 0.15) is 13.3 Å². The van der Waals surface area contributed by atoms with Gasteiger partial charge in [0.2, 0.25) is 5.96 Å². The van der Waals surface area contributed by atoms with Crippen LogP contribution in [-0.2, 0) is 4.79 Å². The minimum Gasteiger partial charge on any atom is -0.480 e. The van der Waals surface area contributed by atoms with Crippen LogP contribution < -0.4 is 11.7 Å². The van der Waals surface area contributed by atoms with Gasteiger partial charge in [-0.15, -0.1) is 5.10 Å². The van der Waals surface area contributed by atoms with Crippen molar-refractivity contribution in [3.8, 4) is 0 Å². The Hall–Kier alpha value is -1.50. The SMILES string of the molecule is CC(C(=O)O)N1CCCN(N)/C1=N/N. The van der Waals surface area contributed by atoms with Crippen molar-refractivity contribution in [2.45, 2.75) is 19.4 Å². The molecule has 7 nitrogen and oxygen atoms in total. The molecular weight excluding hydrogens is 186 g/mol. The van der Waals surface area contributed by atoms with Gasteiger partial charge < -0.3 is 15.8 Å². The second-order valence-corrected chi connectivity index (χ2v) is 3.18. The number of aliphatic carboxylic acids is 1. The minimum absolute atomic E-state index is 0.325. The Morgan fingerprint density at radius 3 is 2.79 bits per heavy atom. The van der Waals surface area contributed by atoms with E-state index in [1.807, 2.05) is 0 Å². The van der Waals surface area contributed by atoms with Crippen molar-refractivity contribution in [3.63, 3.8) is 0 Å². The van der Waals surface area contributed by atoms with Gasteiger partial charge in [-0.1, -0.05) is 0 Å². The fourth-order valence-electron chi connectivity index (χ4n) is 1.42. The zero-order chi connectivity index (χ0) is 10.7. The molecule has 1 fully saturated rings. The van der Waals surface area contributed by atoms with Gasteiger partial charge >= 0.3 is 5.97 Å². The molecule has 0 aromatic rings. The molecule has 1 unspecified atom stereocenters. The van der Waals surface area contributed by atoms with E-state index in [2.05, 4.69) is 5.10 Å². The topological polar surface area (TPSA) is 108 Å². The molecule has 7 heteroatoms. The first-order valence-electron chi connectivity index (χ1n) is 4.37. The van der Waals surface area contributed by atoms with E-state index in [1.165, 1.54) is 5.01 Å². The number of nitrogens with zero attached hydrogens (tertiary/aromatic N) is 3. The molecule has 1 rings (SSSR count). The van der Waals surface area contributed by atoms with Crippen LogP contribution >= 0.6 is 0 Å². The van der Waals surface area contributed by atoms with Gasteiger partial charge in [0.15, 0.2) is 0 Å². The third-order valence-electron chi connectivity index (χ3n) is 2.25. The van der Waals surface area contributed by atoms with Gasteiger partial charge in [-0.05, 0) is 13.3 Å². The van der Waals surface area contributed by atoms with E-state index >= 15 is 0 Å². The number of hydrogen-bond acceptors (Lipinski definition) is 4. The van der Waals surface area contributed by atoms with Crippen LogP contribution in [0.5, 0.6) is 0 Å². The monoisotopic (exact) mass is 201 g/mol. The maximum atomic E-state index is 10.8. The summed E-state index contributed by atoms with van der Waals surface area (Å²) in [5, 5.41) is 13.7. The number of carboxylic acid groups (broad SMARTS) is 1. The van der Waals surface area contributed by atoms with Gasteiger partial charge in [0.05, 0.1) is 0 Å². The van der Waals surface area contributed by atoms with Crippen LogP contribution in [0.25, 0.3) is 0 Å². The molecule has 0 radical (unpaired) electrons. The fourth-order valence-corrected chi connectivity index (χ4v) is 1.42. The Morgan fingerprint density at radius 1 is 1.64 bits per heavy atom. The minimum atomic E-state index is -0.915. The Balaban J connectivity index is 2.80. The molecule has 14 heavy (non-hydrogen) atoms. The Labute approximate surface area is 81.9 Å². The van der Waals surface area contributed by atoms with Gasteiger partial charge in [-0.2, -0.15) is 0 Å². The molecule has 0 aliphatic carbocycles. The number of hydrogen-bond donors (Lipinski definition) is 3. The van der Waals surface area contributed by atoms with E-state index in [0.717, 1.165) is 6.42 Å². The predicted octanol–water partition coefficient (Wildman–Crippen LogP) is -1.43. The van der Waals surface area contributed by atoms with Crippen molar-refractivity contribution in [3.05, 3.63) is 0 Å². The second kappa shape index (κ2) is 4.14. The largest absolute Gasteiger partial charge is 0.480 e. The van der Waals surface area contributed by atoms with Crippen molar-refractivity contribution in [1.29, 1.82) is 0 Å². The molecule has 0 bridgehead atoms. The van der Waals surface area contributed by atoms with Crippen LogP contribution in [-0.4, -0.2) is 46.1 Å². The summed E-state index contributed by atoms with van der Waals surface area (Å²) in [6.45, 7) is 2.82. The van der Waals surface area contributed by atoms with Crippen LogP contribution in [0.4, 0.5) is 0 Å². The molecule has 1 aliphatic rings. The summed E-state index contributed by atoms with van der Waals surface area (Å²) in [4.78, 5) is 12.3. The average molecular weight is 201 g/mol. The molecule has 0 saturated carbocycles. The van der Waals surface area contributed by atoms with Crippen molar-refractivity contribution in [1.82, 2.24) is 9.91 Å². The number of nitrogens with two attached hydrogens (primary N) is 2. The Kier molecular flexibility index (Phi) is 3.13. The van der Waals surface area contributed by atoms with Crippen molar-refractivity contribution in [2.75, 3.05) is 13.1 Å². The summed E-state index contributed by atoms with van der Waals surface area (Å²) in [5.41, 5.74) is 0. The van der Waals surface area contributed by atoms with Crippen molar-refractivity contribution in [2.24, 2.45) is 16.8 Å². The number of hydrazone groups is 1. The highest BCUT2D eigenvalue weighted by Gasteiger charge is 2.29. The summed E-state index contributed by atoms with van der Waals surface area (Å²) < 4.78 is 0. The van der Waals surface area contributed by atoms with Crippen LogP contribution in [0.15, 0.2) is 5.10 Å². The van der Waals surface area contributed by atoms with Crippen LogP contribution in [0, 0.1) is 0 Å². The van der Waals surface area contributed by atoms with Gasteiger partial charge in [-0.3, -0.25) is 5.01 Å². The summed E-state index contributed by atoms with van der Waals surface area (Å²) in [5.74, 6) is 10.2. The highest BCUT2D eigenvalue weighted by atomic mass is 16.4. The number of hydrazine groups is 1. The normalized spacial score (nSPS) is 22.6. The van der Waals surface area contributed by atoms with Crippen molar-refractivity contribution >= 4 is 11.9 Å². The van der Waals surface area contributed by atoms with Gasteiger partial charge in [-0.25, -0.2) is 10.6 Å². The molecule has 1 atom stereocenters. The molecule has 5 N–H and O–H groups in total. The maximum absolute atomic E-state index is 10.8. The molecule has 1 saturated heterocycles. The molecule has 1 aliphatic heterocycles. The van der Waals surface area contributed by atoms with E-state index in [-0.39, 0.29) is 0 Å². The molecule has 0 spiro atoms. The number of guanidine groups is 1. The number of carbonyl (C=O) groups is 1. The van der Waals surface area contributed by atoms with Gasteiger partial charge in [0.25, 0.3) is 0 Å². The first-order chi connectivity index (χ1) is 6.57. The first kappa shape index (κ1) is 10.6. The molecule has 0 aromatic heterocycles. The Bertz CT molecular complexity index is 254. The lowest BCUT2D eigenvalue weighted by Crippen LogP contribution is -2.58. The summed E-state index contributed by atoms with van der Waals surface area (Å²) >= 11 is 0. The summed E-state index contributed by atoms with van der Waals surface area (Å²) in [6.07, 6.45) is 0.799. The van der Waals surface area contributed by atoms with E-state index in [4.69, 9.17) is 16.8 Å². The molecule has 80 valence electrons. The molecule has 0 amide bonds. The summed E-state index contributed by atoms with van der Waals surface area (Å²) in [7, 11) is 0.